The summed E-state index contributed by atoms with van der Waals surface area (Å²) in [6, 6.07) is 7.01. The number of para-hydroxylation sites is 1. The second-order valence-corrected chi connectivity index (χ2v) is 6.69. The first-order valence-corrected chi connectivity index (χ1v) is 9.27. The lowest BCUT2D eigenvalue weighted by Gasteiger charge is -2.24. The van der Waals surface area contributed by atoms with E-state index in [1.54, 1.807) is 24.3 Å². The van der Waals surface area contributed by atoms with E-state index in [2.05, 4.69) is 5.32 Å². The van der Waals surface area contributed by atoms with Gasteiger partial charge in [0, 0.05) is 25.9 Å². The molecule has 0 heterocycles. The fraction of sp³-hybridized carbons (Fsp3) is 0.550. The van der Waals surface area contributed by atoms with Crippen LogP contribution in [0.1, 0.15) is 62.2 Å². The van der Waals surface area contributed by atoms with Crippen molar-refractivity contribution in [1.29, 1.82) is 0 Å². The van der Waals surface area contributed by atoms with Crippen molar-refractivity contribution in [3.8, 4) is 0 Å². The topological polar surface area (TPSA) is 75.7 Å². The van der Waals surface area contributed by atoms with Gasteiger partial charge in [-0.15, -0.1) is 0 Å². The van der Waals surface area contributed by atoms with Gasteiger partial charge in [-0.05, 0) is 25.0 Å². The van der Waals surface area contributed by atoms with Crippen molar-refractivity contribution in [3.63, 3.8) is 0 Å². The van der Waals surface area contributed by atoms with E-state index in [-0.39, 0.29) is 30.8 Å². The van der Waals surface area contributed by atoms with Crippen LogP contribution >= 0.6 is 0 Å². The van der Waals surface area contributed by atoms with Crippen LogP contribution in [0.5, 0.6) is 0 Å². The highest BCUT2D eigenvalue weighted by Gasteiger charge is 2.21. The number of hydrogen-bond donors (Lipinski definition) is 1. The molecule has 1 saturated carbocycles. The molecule has 142 valence electrons. The molecule has 1 aromatic carbocycles. The molecule has 1 N–H and O–H groups in total. The van der Waals surface area contributed by atoms with Gasteiger partial charge in [0.15, 0.2) is 0 Å². The molecule has 1 aliphatic rings. The normalized spacial score (nSPS) is 15.0. The van der Waals surface area contributed by atoms with Crippen molar-refractivity contribution < 1.29 is 19.1 Å². The number of rotatable bonds is 6. The van der Waals surface area contributed by atoms with E-state index in [0.717, 1.165) is 25.7 Å². The van der Waals surface area contributed by atoms with Crippen LogP contribution in [0.3, 0.4) is 0 Å². The predicted molar refractivity (Wildman–Crippen MR) is 100 cm³/mol. The number of nitrogens with one attached hydrogen (secondary N) is 1. The Hall–Kier alpha value is -2.37. The maximum absolute atomic E-state index is 12.3. The molecule has 6 heteroatoms. The van der Waals surface area contributed by atoms with Gasteiger partial charge in [-0.25, -0.2) is 4.79 Å². The van der Waals surface area contributed by atoms with Crippen LogP contribution in [0.4, 0.5) is 5.69 Å². The third-order valence-corrected chi connectivity index (χ3v) is 4.76. The Morgan fingerprint density at radius 2 is 1.77 bits per heavy atom. The Kier molecular flexibility index (Phi) is 7.63. The average molecular weight is 360 g/mol. The van der Waals surface area contributed by atoms with Crippen molar-refractivity contribution in [2.75, 3.05) is 18.6 Å². The van der Waals surface area contributed by atoms with Crippen molar-refractivity contribution in [3.05, 3.63) is 29.8 Å². The summed E-state index contributed by atoms with van der Waals surface area (Å²) < 4.78 is 4.79. The summed E-state index contributed by atoms with van der Waals surface area (Å²) in [7, 11) is 1.30. The van der Waals surface area contributed by atoms with Crippen molar-refractivity contribution in [1.82, 2.24) is 5.32 Å². The number of ether oxygens (including phenoxy) is 1. The third-order valence-electron chi connectivity index (χ3n) is 4.76. The van der Waals surface area contributed by atoms with Crippen molar-refractivity contribution >= 4 is 23.5 Å². The van der Waals surface area contributed by atoms with Gasteiger partial charge in [0.1, 0.15) is 0 Å². The minimum atomic E-state index is -0.505. The minimum absolute atomic E-state index is 0.0568. The van der Waals surface area contributed by atoms with E-state index in [4.69, 9.17) is 4.74 Å². The second kappa shape index (κ2) is 9.94. The number of esters is 1. The number of methoxy groups -OCH3 is 1. The number of anilines is 1. The van der Waals surface area contributed by atoms with E-state index < -0.39 is 5.97 Å². The fourth-order valence-electron chi connectivity index (χ4n) is 3.38. The minimum Gasteiger partial charge on any atom is -0.465 e. The zero-order valence-corrected chi connectivity index (χ0v) is 15.6. The van der Waals surface area contributed by atoms with E-state index in [9.17, 15) is 14.4 Å². The van der Waals surface area contributed by atoms with Gasteiger partial charge in [0.25, 0.3) is 0 Å². The smallest absolute Gasteiger partial charge is 0.339 e. The quantitative estimate of drug-likeness (QED) is 0.625. The van der Waals surface area contributed by atoms with Crippen LogP contribution in [0.15, 0.2) is 24.3 Å². The molecule has 0 atom stereocenters. The summed E-state index contributed by atoms with van der Waals surface area (Å²) in [6.07, 6.45) is 7.00. The highest BCUT2D eigenvalue weighted by Crippen LogP contribution is 2.22. The molecule has 0 radical (unpaired) electrons. The van der Waals surface area contributed by atoms with Crippen LogP contribution in [0.2, 0.25) is 0 Å². The maximum atomic E-state index is 12.3. The highest BCUT2D eigenvalue weighted by atomic mass is 16.5. The summed E-state index contributed by atoms with van der Waals surface area (Å²) in [5.74, 6) is -0.780. The monoisotopic (exact) mass is 360 g/mol. The molecule has 0 spiro atoms. The van der Waals surface area contributed by atoms with Crippen molar-refractivity contribution in [2.24, 2.45) is 0 Å². The number of carbonyl (C=O) groups is 3. The van der Waals surface area contributed by atoms with Crippen LogP contribution < -0.4 is 10.2 Å². The lowest BCUT2D eigenvalue weighted by atomic mass is 10.1. The first-order chi connectivity index (χ1) is 12.5. The molecular formula is C20H28N2O4. The largest absolute Gasteiger partial charge is 0.465 e. The first-order valence-electron chi connectivity index (χ1n) is 9.27. The van der Waals surface area contributed by atoms with Crippen LogP contribution in [-0.2, 0) is 14.3 Å². The van der Waals surface area contributed by atoms with Gasteiger partial charge >= 0.3 is 5.97 Å². The summed E-state index contributed by atoms with van der Waals surface area (Å²) in [5.41, 5.74) is 0.781. The second-order valence-electron chi connectivity index (χ2n) is 6.69. The third kappa shape index (κ3) is 5.58. The molecule has 0 aromatic heterocycles. The fourth-order valence-corrected chi connectivity index (χ4v) is 3.38. The number of amides is 2. The van der Waals surface area contributed by atoms with E-state index >= 15 is 0 Å². The molecule has 1 aliphatic carbocycles. The summed E-state index contributed by atoms with van der Waals surface area (Å²) >= 11 is 0. The molecular weight excluding hydrogens is 332 g/mol. The van der Waals surface area contributed by atoms with Crippen LogP contribution in [-0.4, -0.2) is 37.5 Å². The molecule has 2 rings (SSSR count). The van der Waals surface area contributed by atoms with Gasteiger partial charge < -0.3 is 15.0 Å². The van der Waals surface area contributed by atoms with Crippen molar-refractivity contribution in [2.45, 2.75) is 57.9 Å². The Morgan fingerprint density at radius 1 is 1.12 bits per heavy atom. The maximum Gasteiger partial charge on any atom is 0.339 e. The van der Waals surface area contributed by atoms with Gasteiger partial charge in [-0.2, -0.15) is 0 Å². The lowest BCUT2D eigenvalue weighted by Crippen LogP contribution is -2.38. The van der Waals surface area contributed by atoms with Crippen LogP contribution in [0.25, 0.3) is 0 Å². The zero-order valence-electron chi connectivity index (χ0n) is 15.6. The Morgan fingerprint density at radius 3 is 2.38 bits per heavy atom. The van der Waals surface area contributed by atoms with Gasteiger partial charge in [0.05, 0.1) is 18.4 Å². The van der Waals surface area contributed by atoms with E-state index in [0.29, 0.717) is 11.3 Å². The predicted octanol–water partition coefficient (Wildman–Crippen LogP) is 3.06. The average Bonchev–Trinajstić information content (AvgIpc) is 2.90. The highest BCUT2D eigenvalue weighted by molar-refractivity contribution is 6.02. The summed E-state index contributed by atoms with van der Waals surface area (Å²) in [5, 5.41) is 3.08. The Labute approximate surface area is 154 Å². The molecule has 26 heavy (non-hydrogen) atoms. The summed E-state index contributed by atoms with van der Waals surface area (Å²) in [6.45, 7) is 1.65. The Balaban J connectivity index is 2.01. The number of carbonyl (C=O) groups excluding carboxylic acids is 3. The molecule has 2 amide bonds. The molecule has 0 saturated heterocycles. The van der Waals surface area contributed by atoms with Gasteiger partial charge in [-0.3, -0.25) is 9.59 Å². The molecule has 0 aliphatic heterocycles. The van der Waals surface area contributed by atoms with Gasteiger partial charge in [0.2, 0.25) is 11.8 Å². The van der Waals surface area contributed by atoms with E-state index in [1.807, 2.05) is 0 Å². The standard InChI is InChI=1S/C20H28N2O4/c1-15(23)22(18-12-8-7-11-17(18)20(25)26-2)14-13-19(24)21-16-9-5-3-4-6-10-16/h7-8,11-12,16H,3-6,9-10,13-14H2,1-2H3,(H,21,24). The molecule has 1 fully saturated rings. The summed E-state index contributed by atoms with van der Waals surface area (Å²) in [4.78, 5) is 37.8. The molecule has 0 bridgehead atoms. The molecule has 1 aromatic rings. The Bertz CT molecular complexity index is 636. The zero-order chi connectivity index (χ0) is 18.9. The number of benzene rings is 1. The number of nitrogens with zero attached hydrogens (tertiary/aromatic N) is 1. The van der Waals surface area contributed by atoms with Gasteiger partial charge in [-0.1, -0.05) is 37.8 Å². The van der Waals surface area contributed by atoms with E-state index in [1.165, 1.54) is 31.8 Å². The molecule has 0 unspecified atom stereocenters. The SMILES string of the molecule is COC(=O)c1ccccc1N(CCC(=O)NC1CCCCCC1)C(C)=O. The molecule has 6 nitrogen and oxygen atoms in total. The first kappa shape index (κ1) is 19.9. The lowest BCUT2D eigenvalue weighted by molar-refractivity contribution is -0.121. The van der Waals surface area contributed by atoms with Crippen LogP contribution in [0, 0.1) is 0 Å². The number of hydrogen-bond acceptors (Lipinski definition) is 4.